The minimum absolute atomic E-state index is 0. The number of rotatable bonds is 2. The molecule has 116 valence electrons. The van der Waals surface area contributed by atoms with E-state index in [2.05, 4.69) is 5.32 Å². The molecule has 1 aromatic carbocycles. The Hall–Kier alpha value is -0.400. The van der Waals surface area contributed by atoms with Gasteiger partial charge in [0.25, 0.3) is 5.91 Å². The summed E-state index contributed by atoms with van der Waals surface area (Å²) in [4.78, 5) is 14.4. The molecule has 2 unspecified atom stereocenters. The number of benzene rings is 1. The Kier molecular flexibility index (Phi) is 5.48. The zero-order valence-electron chi connectivity index (χ0n) is 11.8. The van der Waals surface area contributed by atoms with Gasteiger partial charge in [-0.15, -0.1) is 12.4 Å². The standard InChI is InChI=1S/C15H18FIN2O.ClH/c1-19(12-7-10-3-4-11(8-12)18-10)15(20)13-5-2-9(16)6-14(13)17;/h2,5-6,10-12,18H,3-4,7-8H2,1H3;1H. The molecule has 1 amide bonds. The highest BCUT2D eigenvalue weighted by atomic mass is 127. The fraction of sp³-hybridized carbons (Fsp3) is 0.533. The molecule has 1 N–H and O–H groups in total. The van der Waals surface area contributed by atoms with E-state index in [4.69, 9.17) is 0 Å². The number of carbonyl (C=O) groups is 1. The van der Waals surface area contributed by atoms with Gasteiger partial charge < -0.3 is 10.2 Å². The van der Waals surface area contributed by atoms with Gasteiger partial charge in [-0.3, -0.25) is 4.79 Å². The zero-order chi connectivity index (χ0) is 14.3. The van der Waals surface area contributed by atoms with E-state index < -0.39 is 0 Å². The Bertz CT molecular complexity index is 530. The molecule has 2 saturated heterocycles. The van der Waals surface area contributed by atoms with Crippen LogP contribution in [0, 0.1) is 9.39 Å². The fourth-order valence-corrected chi connectivity index (χ4v) is 4.07. The van der Waals surface area contributed by atoms with E-state index in [1.807, 2.05) is 34.5 Å². The van der Waals surface area contributed by atoms with Crippen LogP contribution in [0.1, 0.15) is 36.0 Å². The first-order chi connectivity index (χ1) is 9.54. The van der Waals surface area contributed by atoms with Crippen LogP contribution in [0.4, 0.5) is 4.39 Å². The van der Waals surface area contributed by atoms with Gasteiger partial charge in [-0.2, -0.15) is 0 Å². The van der Waals surface area contributed by atoms with Crippen molar-refractivity contribution in [2.24, 2.45) is 0 Å². The van der Waals surface area contributed by atoms with Crippen molar-refractivity contribution in [3.8, 4) is 0 Å². The van der Waals surface area contributed by atoms with Gasteiger partial charge in [0.15, 0.2) is 0 Å². The van der Waals surface area contributed by atoms with Crippen LogP contribution in [0.25, 0.3) is 0 Å². The van der Waals surface area contributed by atoms with Crippen molar-refractivity contribution in [3.05, 3.63) is 33.1 Å². The van der Waals surface area contributed by atoms with Crippen molar-refractivity contribution in [2.45, 2.75) is 43.8 Å². The maximum absolute atomic E-state index is 13.1. The van der Waals surface area contributed by atoms with Gasteiger partial charge in [-0.1, -0.05) is 0 Å². The lowest BCUT2D eigenvalue weighted by molar-refractivity contribution is 0.0680. The number of hydrogen-bond donors (Lipinski definition) is 1. The number of nitrogens with zero attached hydrogens (tertiary/aromatic N) is 1. The predicted molar refractivity (Wildman–Crippen MR) is 91.4 cm³/mol. The Morgan fingerprint density at radius 2 is 1.95 bits per heavy atom. The Morgan fingerprint density at radius 1 is 1.33 bits per heavy atom. The number of fused-ring (bicyclic) bond motifs is 2. The summed E-state index contributed by atoms with van der Waals surface area (Å²) < 4.78 is 13.8. The highest BCUT2D eigenvalue weighted by molar-refractivity contribution is 14.1. The van der Waals surface area contributed by atoms with E-state index in [9.17, 15) is 9.18 Å². The van der Waals surface area contributed by atoms with E-state index in [1.165, 1.54) is 25.0 Å². The quantitative estimate of drug-likeness (QED) is 0.740. The number of nitrogens with one attached hydrogen (secondary N) is 1. The average molecular weight is 425 g/mol. The molecule has 3 rings (SSSR count). The first kappa shape index (κ1) is 17.0. The SMILES string of the molecule is CN(C(=O)c1ccc(F)cc1I)C1CC2CCC(C1)N2.Cl. The van der Waals surface area contributed by atoms with Crippen molar-refractivity contribution in [1.29, 1.82) is 0 Å². The smallest absolute Gasteiger partial charge is 0.254 e. The first-order valence-corrected chi connectivity index (χ1v) is 8.10. The molecule has 2 aliphatic heterocycles. The molecular weight excluding hydrogens is 406 g/mol. The molecular formula is C15H19ClFIN2O. The van der Waals surface area contributed by atoms with Crippen LogP contribution in [-0.2, 0) is 0 Å². The molecule has 1 aromatic rings. The molecule has 2 aliphatic rings. The Morgan fingerprint density at radius 3 is 2.52 bits per heavy atom. The minimum atomic E-state index is -0.298. The summed E-state index contributed by atoms with van der Waals surface area (Å²) in [7, 11) is 1.87. The maximum Gasteiger partial charge on any atom is 0.254 e. The molecule has 3 nitrogen and oxygen atoms in total. The molecule has 2 fully saturated rings. The molecule has 21 heavy (non-hydrogen) atoms. The van der Waals surface area contributed by atoms with E-state index in [-0.39, 0.29) is 24.1 Å². The van der Waals surface area contributed by atoms with Crippen LogP contribution < -0.4 is 5.32 Å². The topological polar surface area (TPSA) is 32.3 Å². The van der Waals surface area contributed by atoms with Gasteiger partial charge in [-0.25, -0.2) is 4.39 Å². The van der Waals surface area contributed by atoms with E-state index in [0.717, 1.165) is 12.8 Å². The first-order valence-electron chi connectivity index (χ1n) is 7.03. The fourth-order valence-electron chi connectivity index (χ4n) is 3.36. The second-order valence-corrected chi connectivity index (χ2v) is 6.97. The molecule has 0 aromatic heterocycles. The zero-order valence-corrected chi connectivity index (χ0v) is 14.8. The third-order valence-electron chi connectivity index (χ3n) is 4.48. The van der Waals surface area contributed by atoms with E-state index in [1.54, 1.807) is 6.07 Å². The monoisotopic (exact) mass is 424 g/mol. The van der Waals surface area contributed by atoms with Crippen LogP contribution in [0.5, 0.6) is 0 Å². The van der Waals surface area contributed by atoms with Gasteiger partial charge >= 0.3 is 0 Å². The van der Waals surface area contributed by atoms with E-state index >= 15 is 0 Å². The molecule has 0 aliphatic carbocycles. The average Bonchev–Trinajstić information content (AvgIpc) is 2.76. The van der Waals surface area contributed by atoms with Crippen molar-refractivity contribution in [3.63, 3.8) is 0 Å². The lowest BCUT2D eigenvalue weighted by Gasteiger charge is -2.35. The summed E-state index contributed by atoms with van der Waals surface area (Å²) in [5, 5.41) is 3.58. The van der Waals surface area contributed by atoms with Crippen molar-refractivity contribution in [1.82, 2.24) is 10.2 Å². The van der Waals surface area contributed by atoms with Crippen LogP contribution in [-0.4, -0.2) is 36.0 Å². The van der Waals surface area contributed by atoms with Gasteiger partial charge in [-0.05, 0) is 66.5 Å². The van der Waals surface area contributed by atoms with Gasteiger partial charge in [0.05, 0.1) is 5.56 Å². The Balaban J connectivity index is 0.00000161. The number of hydrogen-bond acceptors (Lipinski definition) is 2. The third kappa shape index (κ3) is 3.51. The second-order valence-electron chi connectivity index (χ2n) is 5.80. The van der Waals surface area contributed by atoms with Gasteiger partial charge in [0.2, 0.25) is 0 Å². The molecule has 2 bridgehead atoms. The molecule has 0 radical (unpaired) electrons. The third-order valence-corrected chi connectivity index (χ3v) is 5.37. The van der Waals surface area contributed by atoms with Crippen molar-refractivity contribution in [2.75, 3.05) is 7.05 Å². The molecule has 2 atom stereocenters. The predicted octanol–water partition coefficient (Wildman–Crippen LogP) is 3.21. The van der Waals surface area contributed by atoms with Crippen LogP contribution in [0.15, 0.2) is 18.2 Å². The lowest BCUT2D eigenvalue weighted by atomic mass is 9.98. The lowest BCUT2D eigenvalue weighted by Crippen LogP contribution is -2.48. The molecule has 0 spiro atoms. The van der Waals surface area contributed by atoms with Gasteiger partial charge in [0.1, 0.15) is 5.82 Å². The highest BCUT2D eigenvalue weighted by Crippen LogP contribution is 2.30. The minimum Gasteiger partial charge on any atom is -0.339 e. The van der Waals surface area contributed by atoms with Crippen molar-refractivity contribution < 1.29 is 9.18 Å². The van der Waals surface area contributed by atoms with Crippen LogP contribution in [0.2, 0.25) is 0 Å². The summed E-state index contributed by atoms with van der Waals surface area (Å²) in [5.74, 6) is -0.297. The van der Waals surface area contributed by atoms with Crippen LogP contribution >= 0.6 is 35.0 Å². The Labute approximate surface area is 144 Å². The number of piperidine rings is 1. The summed E-state index contributed by atoms with van der Waals surface area (Å²) >= 11 is 2.03. The normalized spacial score (nSPS) is 27.1. The summed E-state index contributed by atoms with van der Waals surface area (Å²) in [6, 6.07) is 5.76. The van der Waals surface area contributed by atoms with Crippen LogP contribution in [0.3, 0.4) is 0 Å². The highest BCUT2D eigenvalue weighted by Gasteiger charge is 2.36. The van der Waals surface area contributed by atoms with E-state index in [0.29, 0.717) is 27.3 Å². The van der Waals surface area contributed by atoms with Gasteiger partial charge in [0, 0.05) is 28.7 Å². The molecule has 0 saturated carbocycles. The number of amides is 1. The number of carbonyl (C=O) groups excluding carboxylic acids is 1. The summed E-state index contributed by atoms with van der Waals surface area (Å²) in [5.41, 5.74) is 0.598. The van der Waals surface area contributed by atoms with Crippen molar-refractivity contribution >= 4 is 40.9 Å². The summed E-state index contributed by atoms with van der Waals surface area (Å²) in [6.45, 7) is 0. The maximum atomic E-state index is 13.1. The number of halogens is 3. The second kappa shape index (κ2) is 6.79. The summed E-state index contributed by atoms with van der Waals surface area (Å²) in [6.07, 6.45) is 4.49. The molecule has 2 heterocycles. The molecule has 6 heteroatoms. The largest absolute Gasteiger partial charge is 0.339 e.